The van der Waals surface area contributed by atoms with Gasteiger partial charge >= 0.3 is 11.9 Å². The first kappa shape index (κ1) is 21.6. The van der Waals surface area contributed by atoms with Crippen LogP contribution >= 0.6 is 7.37 Å². The van der Waals surface area contributed by atoms with Crippen molar-refractivity contribution in [3.8, 4) is 0 Å². The van der Waals surface area contributed by atoms with E-state index in [-0.39, 0.29) is 12.1 Å². The van der Waals surface area contributed by atoms with E-state index in [1.54, 1.807) is 36.4 Å². The third kappa shape index (κ3) is 5.90. The van der Waals surface area contributed by atoms with Crippen LogP contribution in [0, 0.1) is 11.7 Å². The molecule has 28 heavy (non-hydrogen) atoms. The molecule has 0 aliphatic carbocycles. The van der Waals surface area contributed by atoms with Gasteiger partial charge < -0.3 is 20.4 Å². The van der Waals surface area contributed by atoms with Crippen molar-refractivity contribution in [1.29, 1.82) is 0 Å². The van der Waals surface area contributed by atoms with Crippen LogP contribution in [0.1, 0.15) is 24.2 Å². The fourth-order valence-corrected chi connectivity index (χ4v) is 4.95. The van der Waals surface area contributed by atoms with E-state index in [0.717, 1.165) is 0 Å². The van der Waals surface area contributed by atoms with Crippen LogP contribution in [0.5, 0.6) is 0 Å². The van der Waals surface area contributed by atoms with Gasteiger partial charge in [0.05, 0.1) is 11.6 Å². The maximum absolute atomic E-state index is 14.1. The lowest BCUT2D eigenvalue weighted by molar-refractivity contribution is -0.142. The second-order valence-electron chi connectivity index (χ2n) is 6.34. The van der Waals surface area contributed by atoms with E-state index in [1.807, 2.05) is 0 Å². The van der Waals surface area contributed by atoms with Gasteiger partial charge in [0.1, 0.15) is 11.6 Å². The van der Waals surface area contributed by atoms with Gasteiger partial charge in [-0.2, -0.15) is 0 Å². The summed E-state index contributed by atoms with van der Waals surface area (Å²) in [6, 6.07) is 13.8. The zero-order valence-corrected chi connectivity index (χ0v) is 15.8. The first-order valence-electron chi connectivity index (χ1n) is 8.53. The van der Waals surface area contributed by atoms with Crippen molar-refractivity contribution in [2.45, 2.75) is 18.6 Å². The molecule has 0 heterocycles. The molecule has 0 saturated carbocycles. The second kappa shape index (κ2) is 9.48. The van der Waals surface area contributed by atoms with Crippen molar-refractivity contribution in [2.24, 2.45) is 5.92 Å². The van der Waals surface area contributed by atoms with E-state index in [2.05, 4.69) is 5.32 Å². The van der Waals surface area contributed by atoms with Gasteiger partial charge in [-0.05, 0) is 24.1 Å². The van der Waals surface area contributed by atoms with Crippen molar-refractivity contribution in [3.63, 3.8) is 0 Å². The zero-order chi connectivity index (χ0) is 20.7. The first-order valence-corrected chi connectivity index (χ1v) is 10.4. The molecular formula is C19H21FNO6P. The lowest BCUT2D eigenvalue weighted by Crippen LogP contribution is -2.23. The first-order chi connectivity index (χ1) is 13.2. The van der Waals surface area contributed by atoms with Crippen LogP contribution in [-0.2, 0) is 14.2 Å². The summed E-state index contributed by atoms with van der Waals surface area (Å²) in [5, 5.41) is 20.8. The Bertz CT molecular complexity index is 876. The predicted molar refractivity (Wildman–Crippen MR) is 102 cm³/mol. The number of hydrogen-bond acceptors (Lipinski definition) is 4. The van der Waals surface area contributed by atoms with Crippen LogP contribution in [0.4, 0.5) is 10.1 Å². The van der Waals surface area contributed by atoms with Crippen molar-refractivity contribution < 1.29 is 33.7 Å². The lowest BCUT2D eigenvalue weighted by Gasteiger charge is -2.27. The summed E-state index contributed by atoms with van der Waals surface area (Å²) >= 11 is 0. The molecule has 4 N–H and O–H groups in total. The van der Waals surface area contributed by atoms with E-state index in [4.69, 9.17) is 5.11 Å². The third-order valence-electron chi connectivity index (χ3n) is 4.22. The second-order valence-corrected chi connectivity index (χ2v) is 8.74. The van der Waals surface area contributed by atoms with E-state index >= 15 is 0 Å². The standard InChI is InChI=1S/C19H21FNO6P/c20-15-8-4-5-9-16(15)21-18(13-6-2-1-3-7-13)28(26,27)12-14(19(24)25)10-11-17(22)23/h1-9,14,18,21H,10-12H2,(H,22,23)(H,24,25)(H,26,27). The number of carboxylic acid groups (broad SMARTS) is 2. The van der Waals surface area contributed by atoms with Crippen molar-refractivity contribution in [1.82, 2.24) is 0 Å². The molecular weight excluding hydrogens is 388 g/mol. The van der Waals surface area contributed by atoms with Crippen LogP contribution in [0.2, 0.25) is 0 Å². The van der Waals surface area contributed by atoms with Crippen LogP contribution in [0.3, 0.4) is 0 Å². The molecule has 3 atom stereocenters. The fourth-order valence-electron chi connectivity index (χ4n) is 2.79. The minimum absolute atomic E-state index is 0.00281. The summed E-state index contributed by atoms with van der Waals surface area (Å²) in [5.74, 6) is -5.74. The molecule has 0 bridgehead atoms. The molecule has 2 aromatic rings. The van der Waals surface area contributed by atoms with Crippen LogP contribution < -0.4 is 5.32 Å². The highest BCUT2D eigenvalue weighted by molar-refractivity contribution is 7.58. The van der Waals surface area contributed by atoms with E-state index in [1.165, 1.54) is 18.2 Å². The number of halogens is 1. The molecule has 0 spiro atoms. The molecule has 0 amide bonds. The molecule has 0 fully saturated rings. The number of rotatable bonds is 10. The number of para-hydroxylation sites is 1. The highest BCUT2D eigenvalue weighted by atomic mass is 31.2. The van der Waals surface area contributed by atoms with Crippen molar-refractivity contribution in [3.05, 3.63) is 66.0 Å². The Morgan fingerprint density at radius 1 is 1.04 bits per heavy atom. The molecule has 3 unspecified atom stereocenters. The van der Waals surface area contributed by atoms with E-state index in [0.29, 0.717) is 5.56 Å². The SMILES string of the molecule is O=C(O)CCC(CP(=O)(O)C(Nc1ccccc1F)c1ccccc1)C(=O)O. The van der Waals surface area contributed by atoms with E-state index < -0.39 is 49.4 Å². The van der Waals surface area contributed by atoms with Gasteiger partial charge in [-0.25, -0.2) is 4.39 Å². The summed E-state index contributed by atoms with van der Waals surface area (Å²) in [6.07, 6.45) is -1.36. The van der Waals surface area contributed by atoms with Gasteiger partial charge in [-0.1, -0.05) is 42.5 Å². The Balaban J connectivity index is 2.34. The molecule has 7 nitrogen and oxygen atoms in total. The highest BCUT2D eigenvalue weighted by Crippen LogP contribution is 2.57. The molecule has 0 saturated heterocycles. The van der Waals surface area contributed by atoms with Crippen molar-refractivity contribution >= 4 is 25.0 Å². The molecule has 150 valence electrons. The summed E-state index contributed by atoms with van der Waals surface area (Å²) in [4.78, 5) is 32.9. The normalized spacial score (nSPS) is 15.2. The molecule has 9 heteroatoms. The summed E-state index contributed by atoms with van der Waals surface area (Å²) in [5.41, 5.74) is 0.391. The van der Waals surface area contributed by atoms with Gasteiger partial charge in [0.15, 0.2) is 0 Å². The Kier molecular flexibility index (Phi) is 7.31. The van der Waals surface area contributed by atoms with Gasteiger partial charge in [0.25, 0.3) is 0 Å². The topological polar surface area (TPSA) is 124 Å². The lowest BCUT2D eigenvalue weighted by atomic mass is 10.1. The molecule has 0 radical (unpaired) electrons. The average Bonchev–Trinajstić information content (AvgIpc) is 2.64. The third-order valence-corrected chi connectivity index (χ3v) is 6.42. The average molecular weight is 409 g/mol. The van der Waals surface area contributed by atoms with Crippen LogP contribution in [0.15, 0.2) is 54.6 Å². The highest BCUT2D eigenvalue weighted by Gasteiger charge is 2.37. The van der Waals surface area contributed by atoms with Gasteiger partial charge in [-0.15, -0.1) is 0 Å². The number of nitrogens with one attached hydrogen (secondary N) is 1. The van der Waals surface area contributed by atoms with Crippen molar-refractivity contribution in [2.75, 3.05) is 11.5 Å². The Hall–Kier alpha value is -2.70. The predicted octanol–water partition coefficient (Wildman–Crippen LogP) is 3.77. The number of carbonyl (C=O) groups is 2. The van der Waals surface area contributed by atoms with Crippen LogP contribution in [0.25, 0.3) is 0 Å². The number of carboxylic acids is 2. The Labute approximate surface area is 161 Å². The van der Waals surface area contributed by atoms with Gasteiger partial charge in [0.2, 0.25) is 7.37 Å². The number of anilines is 1. The number of benzene rings is 2. The largest absolute Gasteiger partial charge is 0.481 e. The Morgan fingerprint density at radius 3 is 2.21 bits per heavy atom. The monoisotopic (exact) mass is 409 g/mol. The van der Waals surface area contributed by atoms with Crippen LogP contribution in [-0.4, -0.2) is 33.2 Å². The minimum Gasteiger partial charge on any atom is -0.481 e. The summed E-state index contributed by atoms with van der Waals surface area (Å²) < 4.78 is 27.2. The maximum atomic E-state index is 14.1. The van der Waals surface area contributed by atoms with E-state index in [9.17, 15) is 28.5 Å². The summed E-state index contributed by atoms with van der Waals surface area (Å²) in [7, 11) is -4.23. The molecule has 0 aliphatic heterocycles. The van der Waals surface area contributed by atoms with Gasteiger partial charge in [-0.3, -0.25) is 14.2 Å². The van der Waals surface area contributed by atoms with Gasteiger partial charge in [0, 0.05) is 12.6 Å². The molecule has 0 aliphatic rings. The Morgan fingerprint density at radius 2 is 1.64 bits per heavy atom. The minimum atomic E-state index is -4.23. The summed E-state index contributed by atoms with van der Waals surface area (Å²) in [6.45, 7) is 0. The quantitative estimate of drug-likeness (QED) is 0.440. The molecule has 2 aromatic carbocycles. The molecule has 0 aromatic heterocycles. The smallest absolute Gasteiger partial charge is 0.307 e. The molecule has 2 rings (SSSR count). The number of aliphatic carboxylic acids is 2. The fraction of sp³-hybridized carbons (Fsp3) is 0.263. The zero-order valence-electron chi connectivity index (χ0n) is 14.9. The maximum Gasteiger partial charge on any atom is 0.307 e. The number of hydrogen-bond donors (Lipinski definition) is 4.